The highest BCUT2D eigenvalue weighted by Gasteiger charge is 2.26. The number of hydrogen-bond donors (Lipinski definition) is 1. The van der Waals surface area contributed by atoms with E-state index in [0.29, 0.717) is 24.4 Å². The van der Waals surface area contributed by atoms with Crippen molar-refractivity contribution in [2.24, 2.45) is 0 Å². The smallest absolute Gasteiger partial charge is 0.242 e. The van der Waals surface area contributed by atoms with Gasteiger partial charge < -0.3 is 10.2 Å². The molecule has 110 valence electrons. The van der Waals surface area contributed by atoms with Gasteiger partial charge in [-0.1, -0.05) is 37.6 Å². The van der Waals surface area contributed by atoms with Gasteiger partial charge in [0.2, 0.25) is 11.8 Å². The molecule has 1 aromatic carbocycles. The van der Waals surface area contributed by atoms with Gasteiger partial charge in [-0.05, 0) is 24.1 Å². The Balaban J connectivity index is 2.96. The Kier molecular flexibility index (Phi) is 6.52. The summed E-state index contributed by atoms with van der Waals surface area (Å²) in [7, 11) is 1.59. The van der Waals surface area contributed by atoms with Gasteiger partial charge in [-0.3, -0.25) is 9.59 Å². The monoisotopic (exact) mass is 296 g/mol. The molecule has 0 heterocycles. The van der Waals surface area contributed by atoms with E-state index < -0.39 is 6.04 Å². The number of likely N-dealkylation sites (N-methyl/N-ethyl adjacent to an activating group) is 1. The topological polar surface area (TPSA) is 49.4 Å². The number of rotatable bonds is 6. The molecule has 0 bridgehead atoms. The molecule has 2 amide bonds. The van der Waals surface area contributed by atoms with Gasteiger partial charge in [-0.15, -0.1) is 0 Å². The predicted octanol–water partition coefficient (Wildman–Crippen LogP) is 2.60. The summed E-state index contributed by atoms with van der Waals surface area (Å²) < 4.78 is 0. The summed E-state index contributed by atoms with van der Waals surface area (Å²) in [5, 5.41) is 3.27. The quantitative estimate of drug-likeness (QED) is 0.877. The fourth-order valence-electron chi connectivity index (χ4n) is 2.08. The fourth-order valence-corrected chi connectivity index (χ4v) is 2.20. The summed E-state index contributed by atoms with van der Waals surface area (Å²) in [6, 6.07) is 6.87. The molecule has 0 radical (unpaired) electrons. The molecule has 5 heteroatoms. The van der Waals surface area contributed by atoms with Crippen LogP contribution in [0.4, 0.5) is 0 Å². The van der Waals surface area contributed by atoms with Gasteiger partial charge in [-0.25, -0.2) is 0 Å². The van der Waals surface area contributed by atoms with E-state index >= 15 is 0 Å². The first-order valence-electron chi connectivity index (χ1n) is 6.78. The first-order chi connectivity index (χ1) is 9.53. The number of halogens is 1. The molecule has 0 aliphatic heterocycles. The Hall–Kier alpha value is -1.55. The predicted molar refractivity (Wildman–Crippen MR) is 80.4 cm³/mol. The number of carbonyl (C=O) groups excluding carboxylic acids is 2. The van der Waals surface area contributed by atoms with Crippen LogP contribution in [-0.2, 0) is 16.1 Å². The van der Waals surface area contributed by atoms with Crippen LogP contribution in [0, 0.1) is 0 Å². The van der Waals surface area contributed by atoms with E-state index in [-0.39, 0.29) is 11.8 Å². The highest BCUT2D eigenvalue weighted by molar-refractivity contribution is 6.30. The van der Waals surface area contributed by atoms with Crippen LogP contribution in [0.3, 0.4) is 0 Å². The molecular weight excluding hydrogens is 276 g/mol. The van der Waals surface area contributed by atoms with E-state index in [4.69, 9.17) is 11.6 Å². The number of carbonyl (C=O) groups is 2. The zero-order chi connectivity index (χ0) is 15.1. The zero-order valence-electron chi connectivity index (χ0n) is 12.1. The molecule has 0 saturated heterocycles. The minimum Gasteiger partial charge on any atom is -0.357 e. The third-order valence-corrected chi connectivity index (χ3v) is 3.45. The van der Waals surface area contributed by atoms with Gasteiger partial charge in [0.15, 0.2) is 0 Å². The lowest BCUT2D eigenvalue weighted by Gasteiger charge is -2.30. The van der Waals surface area contributed by atoms with Gasteiger partial charge in [0.1, 0.15) is 6.04 Å². The summed E-state index contributed by atoms with van der Waals surface area (Å²) >= 11 is 5.86. The lowest BCUT2D eigenvalue weighted by molar-refractivity contribution is -0.141. The van der Waals surface area contributed by atoms with Crippen molar-refractivity contribution >= 4 is 23.4 Å². The molecule has 4 nitrogen and oxygen atoms in total. The van der Waals surface area contributed by atoms with E-state index in [2.05, 4.69) is 5.32 Å². The van der Waals surface area contributed by atoms with Crippen molar-refractivity contribution in [3.63, 3.8) is 0 Å². The number of benzene rings is 1. The van der Waals surface area contributed by atoms with Gasteiger partial charge in [0.25, 0.3) is 0 Å². The van der Waals surface area contributed by atoms with Gasteiger partial charge in [0.05, 0.1) is 0 Å². The van der Waals surface area contributed by atoms with Crippen molar-refractivity contribution in [3.05, 3.63) is 34.9 Å². The largest absolute Gasteiger partial charge is 0.357 e. The van der Waals surface area contributed by atoms with E-state index in [1.54, 1.807) is 31.0 Å². The molecule has 0 fully saturated rings. The number of nitrogens with zero attached hydrogens (tertiary/aromatic N) is 1. The van der Waals surface area contributed by atoms with Crippen LogP contribution in [0.1, 0.15) is 32.3 Å². The van der Waals surface area contributed by atoms with Crippen molar-refractivity contribution in [3.8, 4) is 0 Å². The molecule has 1 aromatic rings. The van der Waals surface area contributed by atoms with E-state index in [1.165, 1.54) is 0 Å². The maximum absolute atomic E-state index is 12.1. The van der Waals surface area contributed by atoms with Crippen LogP contribution in [-0.4, -0.2) is 29.8 Å². The zero-order valence-corrected chi connectivity index (χ0v) is 12.9. The third-order valence-electron chi connectivity index (χ3n) is 3.20. The highest BCUT2D eigenvalue weighted by atomic mass is 35.5. The minimum absolute atomic E-state index is 0.0320. The SMILES string of the molecule is CCC(=O)N(Cc1ccc(Cl)cc1)[C@@H](CC)C(=O)NC. The third kappa shape index (κ3) is 4.23. The van der Waals surface area contributed by atoms with Crippen LogP contribution >= 0.6 is 11.6 Å². The molecule has 0 aromatic heterocycles. The lowest BCUT2D eigenvalue weighted by Crippen LogP contribution is -2.47. The molecule has 0 saturated carbocycles. The molecule has 0 aliphatic carbocycles. The van der Waals surface area contributed by atoms with E-state index in [1.807, 2.05) is 19.1 Å². The molecule has 1 rings (SSSR count). The molecule has 20 heavy (non-hydrogen) atoms. The van der Waals surface area contributed by atoms with Crippen LogP contribution in [0.15, 0.2) is 24.3 Å². The molecule has 1 atom stereocenters. The summed E-state index contributed by atoms with van der Waals surface area (Å²) in [4.78, 5) is 25.7. The molecule has 1 N–H and O–H groups in total. The summed E-state index contributed by atoms with van der Waals surface area (Å²) in [6.45, 7) is 4.11. The number of hydrogen-bond acceptors (Lipinski definition) is 2. The molecule has 0 unspecified atom stereocenters. The average Bonchev–Trinajstić information content (AvgIpc) is 2.47. The maximum Gasteiger partial charge on any atom is 0.242 e. The second kappa shape index (κ2) is 7.90. The van der Waals surface area contributed by atoms with Crippen LogP contribution in [0.2, 0.25) is 5.02 Å². The van der Waals surface area contributed by atoms with Crippen molar-refractivity contribution in [2.45, 2.75) is 39.3 Å². The Morgan fingerprint density at radius 1 is 1.25 bits per heavy atom. The maximum atomic E-state index is 12.1. The second-order valence-electron chi connectivity index (χ2n) is 4.54. The Bertz CT molecular complexity index is 459. The summed E-state index contributed by atoms with van der Waals surface area (Å²) in [5.41, 5.74) is 0.957. The standard InChI is InChI=1S/C15H21ClN2O2/c1-4-13(15(20)17-3)18(14(19)5-2)10-11-6-8-12(16)9-7-11/h6-9,13H,4-5,10H2,1-3H3,(H,17,20)/t13-/m0/s1. The van der Waals surface area contributed by atoms with Gasteiger partial charge in [0, 0.05) is 25.0 Å². The normalized spacial score (nSPS) is 11.8. The first-order valence-corrected chi connectivity index (χ1v) is 7.16. The number of amides is 2. The van der Waals surface area contributed by atoms with Crippen LogP contribution in [0.25, 0.3) is 0 Å². The van der Waals surface area contributed by atoms with E-state index in [0.717, 1.165) is 5.56 Å². The first kappa shape index (κ1) is 16.5. The van der Waals surface area contributed by atoms with Crippen molar-refractivity contribution < 1.29 is 9.59 Å². The van der Waals surface area contributed by atoms with Crippen LogP contribution < -0.4 is 5.32 Å². The van der Waals surface area contributed by atoms with Crippen LogP contribution in [0.5, 0.6) is 0 Å². The van der Waals surface area contributed by atoms with Crippen molar-refractivity contribution in [1.82, 2.24) is 10.2 Å². The average molecular weight is 297 g/mol. The Labute approximate surface area is 125 Å². The minimum atomic E-state index is -0.442. The second-order valence-corrected chi connectivity index (χ2v) is 4.98. The summed E-state index contributed by atoms with van der Waals surface area (Å²) in [5.74, 6) is -0.168. The van der Waals surface area contributed by atoms with Gasteiger partial charge in [-0.2, -0.15) is 0 Å². The Morgan fingerprint density at radius 3 is 2.30 bits per heavy atom. The molecule has 0 spiro atoms. The molecular formula is C15H21ClN2O2. The van der Waals surface area contributed by atoms with Crippen molar-refractivity contribution in [2.75, 3.05) is 7.05 Å². The Morgan fingerprint density at radius 2 is 1.85 bits per heavy atom. The fraction of sp³-hybridized carbons (Fsp3) is 0.467. The number of nitrogens with one attached hydrogen (secondary N) is 1. The van der Waals surface area contributed by atoms with E-state index in [9.17, 15) is 9.59 Å². The van der Waals surface area contributed by atoms with Crippen molar-refractivity contribution in [1.29, 1.82) is 0 Å². The van der Waals surface area contributed by atoms with Gasteiger partial charge >= 0.3 is 0 Å². The lowest BCUT2D eigenvalue weighted by atomic mass is 10.1. The highest BCUT2D eigenvalue weighted by Crippen LogP contribution is 2.15. The molecule has 0 aliphatic rings. The summed E-state index contributed by atoms with van der Waals surface area (Å²) in [6.07, 6.45) is 0.958.